The monoisotopic (exact) mass is 207 g/mol. The number of hydrogen-bond acceptors (Lipinski definition) is 4. The first-order valence-corrected chi connectivity index (χ1v) is 5.00. The highest BCUT2D eigenvalue weighted by Crippen LogP contribution is 2.16. The first-order chi connectivity index (χ1) is 6.68. The van der Waals surface area contributed by atoms with Gasteiger partial charge in [-0.15, -0.1) is 11.3 Å². The number of carbonyl (C=O) groups is 1. The molecule has 0 saturated carbocycles. The topological polar surface area (TPSA) is 47.8 Å². The Bertz CT molecular complexity index is 472. The molecule has 14 heavy (non-hydrogen) atoms. The molecule has 0 N–H and O–H groups in total. The van der Waals surface area contributed by atoms with Crippen molar-refractivity contribution in [3.8, 4) is 0 Å². The quantitative estimate of drug-likeness (QED) is 0.700. The maximum absolute atomic E-state index is 11.8. The molecule has 4 nitrogen and oxygen atoms in total. The van der Waals surface area contributed by atoms with E-state index in [0.29, 0.717) is 10.7 Å². The molecule has 0 radical (unpaired) electrons. The lowest BCUT2D eigenvalue weighted by Gasteiger charge is -1.95. The Balaban J connectivity index is 2.38. The highest BCUT2D eigenvalue weighted by Gasteiger charge is 2.15. The zero-order chi connectivity index (χ0) is 10.1. The van der Waals surface area contributed by atoms with Crippen molar-refractivity contribution in [3.05, 3.63) is 34.0 Å². The van der Waals surface area contributed by atoms with E-state index in [0.717, 1.165) is 5.56 Å². The van der Waals surface area contributed by atoms with Gasteiger partial charge in [-0.1, -0.05) is 0 Å². The van der Waals surface area contributed by atoms with Crippen LogP contribution in [-0.4, -0.2) is 20.5 Å². The molecule has 2 heterocycles. The van der Waals surface area contributed by atoms with Gasteiger partial charge in [0.15, 0.2) is 5.82 Å². The minimum atomic E-state index is -0.0666. The van der Waals surface area contributed by atoms with Gasteiger partial charge in [0.05, 0.1) is 4.88 Å². The van der Waals surface area contributed by atoms with Gasteiger partial charge in [-0.3, -0.25) is 4.79 Å². The van der Waals surface area contributed by atoms with Crippen LogP contribution in [0.5, 0.6) is 0 Å². The highest BCUT2D eigenvalue weighted by atomic mass is 32.1. The van der Waals surface area contributed by atoms with E-state index in [4.69, 9.17) is 0 Å². The molecule has 72 valence electrons. The molecule has 5 heteroatoms. The second kappa shape index (κ2) is 3.34. The molecule has 0 aliphatic heterocycles. The number of hydrogen-bond donors (Lipinski definition) is 0. The summed E-state index contributed by atoms with van der Waals surface area (Å²) in [5.74, 6) is 0.315. The molecule has 0 aliphatic rings. The van der Waals surface area contributed by atoms with E-state index in [1.807, 2.05) is 18.4 Å². The molecular formula is C9H9N3OS. The molecule has 2 rings (SSSR count). The average molecular weight is 207 g/mol. The summed E-state index contributed by atoms with van der Waals surface area (Å²) in [4.78, 5) is 16.4. The van der Waals surface area contributed by atoms with Crippen LogP contribution in [0.2, 0.25) is 0 Å². The normalized spacial score (nSPS) is 10.4. The Kier molecular flexibility index (Phi) is 2.17. The van der Waals surface area contributed by atoms with Gasteiger partial charge in [0.1, 0.15) is 6.33 Å². The van der Waals surface area contributed by atoms with Gasteiger partial charge < -0.3 is 0 Å². The molecule has 0 spiro atoms. The number of aryl methyl sites for hydroxylation is 2. The van der Waals surface area contributed by atoms with E-state index in [1.54, 1.807) is 7.05 Å². The molecule has 0 bridgehead atoms. The molecule has 0 aliphatic carbocycles. The molecule has 0 unspecified atom stereocenters. The smallest absolute Gasteiger partial charge is 0.239 e. The maximum atomic E-state index is 11.8. The molecule has 0 saturated heterocycles. The fraction of sp³-hybridized carbons (Fsp3) is 0.222. The zero-order valence-electron chi connectivity index (χ0n) is 7.89. The SMILES string of the molecule is Cc1csc(C(=O)c2ncnn2C)c1. The van der Waals surface area contributed by atoms with E-state index in [-0.39, 0.29) is 5.78 Å². The standard InChI is InChI=1S/C9H9N3OS/c1-6-3-7(14-4-6)8(13)9-10-5-11-12(9)2/h3-5H,1-2H3. The third kappa shape index (κ3) is 1.46. The van der Waals surface area contributed by atoms with Crippen molar-refractivity contribution in [3.63, 3.8) is 0 Å². The number of thiophene rings is 1. The number of nitrogens with zero attached hydrogens (tertiary/aromatic N) is 3. The number of ketones is 1. The van der Waals surface area contributed by atoms with E-state index in [2.05, 4.69) is 10.1 Å². The van der Waals surface area contributed by atoms with E-state index < -0.39 is 0 Å². The number of aromatic nitrogens is 3. The third-order valence-electron chi connectivity index (χ3n) is 1.87. The Morgan fingerprint density at radius 1 is 1.57 bits per heavy atom. The summed E-state index contributed by atoms with van der Waals surface area (Å²) in [5.41, 5.74) is 1.10. The molecule has 0 fully saturated rings. The summed E-state index contributed by atoms with van der Waals surface area (Å²) in [6.45, 7) is 1.96. The lowest BCUT2D eigenvalue weighted by molar-refractivity contribution is 0.102. The molecule has 0 atom stereocenters. The largest absolute Gasteiger partial charge is 0.284 e. The Labute approximate surface area is 85.2 Å². The second-order valence-electron chi connectivity index (χ2n) is 3.02. The molecule has 2 aromatic heterocycles. The predicted octanol–water partition coefficient (Wildman–Crippen LogP) is 1.42. The molecule has 2 aromatic rings. The van der Waals surface area contributed by atoms with Crippen molar-refractivity contribution < 1.29 is 4.79 Å². The zero-order valence-corrected chi connectivity index (χ0v) is 8.71. The molecular weight excluding hydrogens is 198 g/mol. The maximum Gasteiger partial charge on any atom is 0.239 e. The van der Waals surface area contributed by atoms with Crippen LogP contribution in [0, 0.1) is 6.92 Å². The summed E-state index contributed by atoms with van der Waals surface area (Å²) >= 11 is 1.43. The van der Waals surface area contributed by atoms with Crippen molar-refractivity contribution in [1.29, 1.82) is 0 Å². The third-order valence-corrected chi connectivity index (χ3v) is 2.92. The summed E-state index contributed by atoms with van der Waals surface area (Å²) in [7, 11) is 1.71. The van der Waals surface area contributed by atoms with Gasteiger partial charge in [-0.25, -0.2) is 9.67 Å². The number of carbonyl (C=O) groups excluding carboxylic acids is 1. The lowest BCUT2D eigenvalue weighted by Crippen LogP contribution is -2.08. The van der Waals surface area contributed by atoms with Gasteiger partial charge in [0.2, 0.25) is 5.78 Å². The van der Waals surface area contributed by atoms with Gasteiger partial charge >= 0.3 is 0 Å². The van der Waals surface area contributed by atoms with Crippen molar-refractivity contribution in [2.45, 2.75) is 6.92 Å². The molecule has 0 amide bonds. The summed E-state index contributed by atoms with van der Waals surface area (Å²) in [5, 5.41) is 5.81. The fourth-order valence-electron chi connectivity index (χ4n) is 1.16. The lowest BCUT2D eigenvalue weighted by atomic mass is 10.2. The van der Waals surface area contributed by atoms with Gasteiger partial charge in [0, 0.05) is 7.05 Å². The van der Waals surface area contributed by atoms with Crippen LogP contribution in [0.1, 0.15) is 21.1 Å². The second-order valence-corrected chi connectivity index (χ2v) is 3.94. The van der Waals surface area contributed by atoms with Gasteiger partial charge in [0.25, 0.3) is 0 Å². The fourth-order valence-corrected chi connectivity index (χ4v) is 2.00. The Morgan fingerprint density at radius 3 is 2.86 bits per heavy atom. The minimum absolute atomic E-state index is 0.0666. The first-order valence-electron chi connectivity index (χ1n) is 4.12. The van der Waals surface area contributed by atoms with Gasteiger partial charge in [-0.05, 0) is 23.9 Å². The van der Waals surface area contributed by atoms with Crippen LogP contribution in [0.4, 0.5) is 0 Å². The summed E-state index contributed by atoms with van der Waals surface area (Å²) in [6, 6.07) is 1.86. The molecule has 0 aromatic carbocycles. The van der Waals surface area contributed by atoms with Crippen molar-refractivity contribution >= 4 is 17.1 Å². The van der Waals surface area contributed by atoms with E-state index >= 15 is 0 Å². The average Bonchev–Trinajstić information content (AvgIpc) is 2.73. The van der Waals surface area contributed by atoms with Crippen LogP contribution in [0.25, 0.3) is 0 Å². The van der Waals surface area contributed by atoms with Crippen molar-refractivity contribution in [1.82, 2.24) is 14.8 Å². The van der Waals surface area contributed by atoms with Crippen molar-refractivity contribution in [2.75, 3.05) is 0 Å². The summed E-state index contributed by atoms with van der Waals surface area (Å²) < 4.78 is 1.48. The van der Waals surface area contributed by atoms with E-state index in [9.17, 15) is 4.79 Å². The Morgan fingerprint density at radius 2 is 2.36 bits per heavy atom. The Hall–Kier alpha value is -1.49. The highest BCUT2D eigenvalue weighted by molar-refractivity contribution is 7.12. The van der Waals surface area contributed by atoms with Crippen LogP contribution in [0.15, 0.2) is 17.8 Å². The van der Waals surface area contributed by atoms with Crippen LogP contribution in [0.3, 0.4) is 0 Å². The van der Waals surface area contributed by atoms with E-state index in [1.165, 1.54) is 22.3 Å². The van der Waals surface area contributed by atoms with Crippen molar-refractivity contribution in [2.24, 2.45) is 7.05 Å². The number of rotatable bonds is 2. The van der Waals surface area contributed by atoms with Gasteiger partial charge in [-0.2, -0.15) is 5.10 Å². The predicted molar refractivity (Wildman–Crippen MR) is 53.5 cm³/mol. The first kappa shape index (κ1) is 9.08. The van der Waals surface area contributed by atoms with Crippen LogP contribution in [-0.2, 0) is 7.05 Å². The van der Waals surface area contributed by atoms with Crippen LogP contribution < -0.4 is 0 Å². The minimum Gasteiger partial charge on any atom is -0.284 e. The van der Waals surface area contributed by atoms with Crippen LogP contribution >= 0.6 is 11.3 Å². The summed E-state index contributed by atoms with van der Waals surface area (Å²) in [6.07, 6.45) is 1.38.